The van der Waals surface area contributed by atoms with Crippen molar-refractivity contribution in [1.82, 2.24) is 24.5 Å². The van der Waals surface area contributed by atoms with E-state index >= 15 is 0 Å². The maximum absolute atomic E-state index is 5.52. The molecule has 0 aliphatic carbocycles. The first kappa shape index (κ1) is 15.7. The molecule has 3 aromatic heterocycles. The lowest BCUT2D eigenvalue weighted by Crippen LogP contribution is -2.37. The summed E-state index contributed by atoms with van der Waals surface area (Å²) < 4.78 is 7.80. The number of nitrogens with zero attached hydrogens (tertiary/aromatic N) is 6. The Balaban J connectivity index is 1.71. The zero-order chi connectivity index (χ0) is 17.5. The van der Waals surface area contributed by atoms with Crippen molar-refractivity contribution >= 4 is 17.0 Å². The smallest absolute Gasteiger partial charge is 0.166 e. The van der Waals surface area contributed by atoms with Crippen LogP contribution in [0.2, 0.25) is 0 Å². The highest BCUT2D eigenvalue weighted by atomic mass is 16.5. The molecule has 0 saturated carbocycles. The number of imidazole rings is 1. The van der Waals surface area contributed by atoms with Gasteiger partial charge < -0.3 is 14.2 Å². The predicted octanol–water partition coefficient (Wildman–Crippen LogP) is 2.37. The van der Waals surface area contributed by atoms with Crippen LogP contribution in [0.5, 0.6) is 0 Å². The van der Waals surface area contributed by atoms with E-state index in [0.29, 0.717) is 0 Å². The summed E-state index contributed by atoms with van der Waals surface area (Å²) in [5, 5.41) is 0. The minimum atomic E-state index is 0.722. The molecule has 7 heteroatoms. The minimum Gasteiger partial charge on any atom is -0.378 e. The number of pyridine rings is 1. The fourth-order valence-corrected chi connectivity index (χ4v) is 3.74. The highest BCUT2D eigenvalue weighted by Crippen LogP contribution is 2.30. The van der Waals surface area contributed by atoms with E-state index in [9.17, 15) is 0 Å². The molecule has 0 unspecified atom stereocenters. The molecule has 0 atom stereocenters. The molecule has 0 amide bonds. The van der Waals surface area contributed by atoms with Gasteiger partial charge in [0, 0.05) is 43.5 Å². The summed E-state index contributed by atoms with van der Waals surface area (Å²) >= 11 is 0. The normalized spacial score (nSPS) is 17.5. The second-order valence-corrected chi connectivity index (χ2v) is 6.97. The third-order valence-corrected chi connectivity index (χ3v) is 5.17. The van der Waals surface area contributed by atoms with Gasteiger partial charge >= 0.3 is 0 Å². The number of anilines is 1. The van der Waals surface area contributed by atoms with Gasteiger partial charge in [-0.2, -0.15) is 0 Å². The van der Waals surface area contributed by atoms with Gasteiger partial charge in [0.25, 0.3) is 0 Å². The molecule has 7 nitrogen and oxygen atoms in total. The van der Waals surface area contributed by atoms with Crippen LogP contribution in [-0.4, -0.2) is 50.8 Å². The molecular weight excluding hydrogens is 328 g/mol. The summed E-state index contributed by atoms with van der Waals surface area (Å²) in [6, 6.07) is 4.04. The monoisotopic (exact) mass is 350 g/mol. The molecule has 0 spiro atoms. The van der Waals surface area contributed by atoms with E-state index in [0.717, 1.165) is 79.2 Å². The number of aromatic nitrogens is 5. The van der Waals surface area contributed by atoms with Crippen LogP contribution in [0.3, 0.4) is 0 Å². The second-order valence-electron chi connectivity index (χ2n) is 6.97. The van der Waals surface area contributed by atoms with Crippen molar-refractivity contribution in [3.05, 3.63) is 29.8 Å². The van der Waals surface area contributed by atoms with Crippen molar-refractivity contribution in [2.24, 2.45) is 0 Å². The van der Waals surface area contributed by atoms with Crippen LogP contribution < -0.4 is 4.90 Å². The molecule has 134 valence electrons. The van der Waals surface area contributed by atoms with Gasteiger partial charge in [-0.05, 0) is 31.9 Å². The first-order valence-electron chi connectivity index (χ1n) is 9.32. The van der Waals surface area contributed by atoms with Gasteiger partial charge in [-0.25, -0.2) is 15.0 Å². The molecule has 2 aliphatic heterocycles. The number of rotatable bonds is 2. The van der Waals surface area contributed by atoms with Crippen molar-refractivity contribution in [2.75, 3.05) is 31.2 Å². The third-order valence-electron chi connectivity index (χ3n) is 5.17. The molecule has 3 aromatic rings. The molecule has 2 aliphatic rings. The molecule has 0 aromatic carbocycles. The quantitative estimate of drug-likeness (QED) is 0.707. The topological polar surface area (TPSA) is 69.0 Å². The standard InChI is InChI=1S/C19H22N6O/c1-13-5-6-14(12-20-13)17-22-18(24-8-10-26-11-9-24)16-19(23-17)25-7-3-2-4-15(25)21-16/h5-6,12H,2-4,7-11H2,1H3. The predicted molar refractivity (Wildman–Crippen MR) is 99.3 cm³/mol. The van der Waals surface area contributed by atoms with Gasteiger partial charge in [0.1, 0.15) is 5.82 Å². The van der Waals surface area contributed by atoms with Crippen LogP contribution in [0.4, 0.5) is 5.82 Å². The van der Waals surface area contributed by atoms with Crippen LogP contribution in [0, 0.1) is 6.92 Å². The van der Waals surface area contributed by atoms with Crippen LogP contribution in [0.1, 0.15) is 24.4 Å². The summed E-state index contributed by atoms with van der Waals surface area (Å²) in [5.41, 5.74) is 3.81. The van der Waals surface area contributed by atoms with E-state index in [-0.39, 0.29) is 0 Å². The maximum atomic E-state index is 5.52. The number of aryl methyl sites for hydroxylation is 3. The average molecular weight is 350 g/mol. The lowest BCUT2D eigenvalue weighted by Gasteiger charge is -2.28. The summed E-state index contributed by atoms with van der Waals surface area (Å²) in [6.45, 7) is 6.08. The lowest BCUT2D eigenvalue weighted by atomic mass is 10.2. The SMILES string of the molecule is Cc1ccc(-c2nc(N3CCOCC3)c3nc4n(c3n2)CCCC4)cn1. The Morgan fingerprint density at radius 3 is 2.69 bits per heavy atom. The Bertz CT molecular complexity index is 943. The number of fused-ring (bicyclic) bond motifs is 3. The number of ether oxygens (including phenoxy) is 1. The Kier molecular flexibility index (Phi) is 3.81. The van der Waals surface area contributed by atoms with Crippen molar-refractivity contribution in [3.8, 4) is 11.4 Å². The van der Waals surface area contributed by atoms with E-state index in [4.69, 9.17) is 19.7 Å². The van der Waals surface area contributed by atoms with Gasteiger partial charge in [0.05, 0.1) is 13.2 Å². The number of morpholine rings is 1. The largest absolute Gasteiger partial charge is 0.378 e. The van der Waals surface area contributed by atoms with E-state index in [1.807, 2.05) is 25.3 Å². The zero-order valence-electron chi connectivity index (χ0n) is 15.0. The summed E-state index contributed by atoms with van der Waals surface area (Å²) in [6.07, 6.45) is 5.24. The van der Waals surface area contributed by atoms with Gasteiger partial charge in [0.2, 0.25) is 0 Å². The Morgan fingerprint density at radius 2 is 1.88 bits per heavy atom. The van der Waals surface area contributed by atoms with Crippen molar-refractivity contribution < 1.29 is 4.74 Å². The van der Waals surface area contributed by atoms with E-state index < -0.39 is 0 Å². The second kappa shape index (κ2) is 6.32. The van der Waals surface area contributed by atoms with Crippen molar-refractivity contribution in [1.29, 1.82) is 0 Å². The highest BCUT2D eigenvalue weighted by molar-refractivity contribution is 5.86. The lowest BCUT2D eigenvalue weighted by molar-refractivity contribution is 0.122. The summed E-state index contributed by atoms with van der Waals surface area (Å²) in [5.74, 6) is 2.78. The first-order chi connectivity index (χ1) is 12.8. The van der Waals surface area contributed by atoms with E-state index in [1.165, 1.54) is 12.8 Å². The van der Waals surface area contributed by atoms with Crippen molar-refractivity contribution in [3.63, 3.8) is 0 Å². The zero-order valence-corrected chi connectivity index (χ0v) is 15.0. The van der Waals surface area contributed by atoms with Crippen LogP contribution >= 0.6 is 0 Å². The highest BCUT2D eigenvalue weighted by Gasteiger charge is 2.24. The summed E-state index contributed by atoms with van der Waals surface area (Å²) in [4.78, 5) is 21.4. The molecule has 1 fully saturated rings. The maximum Gasteiger partial charge on any atom is 0.166 e. The third kappa shape index (κ3) is 2.63. The van der Waals surface area contributed by atoms with Crippen LogP contribution in [0.25, 0.3) is 22.6 Å². The molecule has 26 heavy (non-hydrogen) atoms. The molecule has 0 radical (unpaired) electrons. The molecule has 5 heterocycles. The Morgan fingerprint density at radius 1 is 1.00 bits per heavy atom. The van der Waals surface area contributed by atoms with Gasteiger partial charge in [-0.3, -0.25) is 4.98 Å². The van der Waals surface area contributed by atoms with Gasteiger partial charge in [-0.1, -0.05) is 0 Å². The van der Waals surface area contributed by atoms with E-state index in [2.05, 4.69) is 14.5 Å². The molecule has 0 N–H and O–H groups in total. The van der Waals surface area contributed by atoms with Gasteiger partial charge in [-0.15, -0.1) is 0 Å². The molecule has 0 bridgehead atoms. The number of hydrogen-bond acceptors (Lipinski definition) is 6. The fraction of sp³-hybridized carbons (Fsp3) is 0.474. The summed E-state index contributed by atoms with van der Waals surface area (Å²) in [7, 11) is 0. The first-order valence-corrected chi connectivity index (χ1v) is 9.32. The Hall–Kier alpha value is -2.54. The van der Waals surface area contributed by atoms with Crippen LogP contribution in [0.15, 0.2) is 18.3 Å². The molecular formula is C19H22N6O. The fourth-order valence-electron chi connectivity index (χ4n) is 3.74. The van der Waals surface area contributed by atoms with Crippen molar-refractivity contribution in [2.45, 2.75) is 32.7 Å². The minimum absolute atomic E-state index is 0.722. The average Bonchev–Trinajstić information content (AvgIpc) is 3.07. The Labute approximate surface area is 152 Å². The number of hydrogen-bond donors (Lipinski definition) is 0. The molecule has 5 rings (SSSR count). The van der Waals surface area contributed by atoms with Crippen LogP contribution in [-0.2, 0) is 17.7 Å². The van der Waals surface area contributed by atoms with Gasteiger partial charge in [0.15, 0.2) is 22.8 Å². The van der Waals surface area contributed by atoms with E-state index in [1.54, 1.807) is 0 Å². The molecule has 1 saturated heterocycles.